The van der Waals surface area contributed by atoms with Crippen molar-refractivity contribution in [1.82, 2.24) is 0 Å². The first kappa shape index (κ1) is 30.6. The number of aliphatic imine (C=N–C) groups is 1. The van der Waals surface area contributed by atoms with Crippen LogP contribution in [0.3, 0.4) is 0 Å². The number of hydrogen-bond acceptors (Lipinski definition) is 4. The zero-order valence-electron chi connectivity index (χ0n) is 23.4. The molecule has 0 saturated heterocycles. The van der Waals surface area contributed by atoms with Crippen molar-refractivity contribution in [2.75, 3.05) is 6.61 Å². The van der Waals surface area contributed by atoms with E-state index in [0.717, 1.165) is 30.0 Å². The Morgan fingerprint density at radius 2 is 1.11 bits per heavy atom. The number of carbonyl (C=O) groups excluding carboxylic acids is 1. The van der Waals surface area contributed by atoms with Gasteiger partial charge in [-0.1, -0.05) is 103 Å². The van der Waals surface area contributed by atoms with Crippen molar-refractivity contribution in [3.05, 3.63) is 54.1 Å². The predicted octanol–water partition coefficient (Wildman–Crippen LogP) is 10.0. The van der Waals surface area contributed by atoms with Crippen molar-refractivity contribution in [3.8, 4) is 11.5 Å². The van der Waals surface area contributed by atoms with E-state index in [1.54, 1.807) is 12.1 Å². The van der Waals surface area contributed by atoms with Crippen molar-refractivity contribution in [2.24, 2.45) is 4.99 Å². The number of esters is 1. The minimum atomic E-state index is -0.326. The Balaban J connectivity index is 1.43. The summed E-state index contributed by atoms with van der Waals surface area (Å²) >= 11 is 0. The maximum atomic E-state index is 11.0. The molecule has 2 aromatic rings. The summed E-state index contributed by atoms with van der Waals surface area (Å²) in [7, 11) is 0. The van der Waals surface area contributed by atoms with Crippen LogP contribution in [-0.2, 0) is 4.79 Å². The summed E-state index contributed by atoms with van der Waals surface area (Å²) < 4.78 is 10.9. The highest BCUT2D eigenvalue weighted by molar-refractivity contribution is 5.82. The maximum absolute atomic E-state index is 11.0. The normalized spacial score (nSPS) is 11.2. The molecule has 4 heteroatoms. The summed E-state index contributed by atoms with van der Waals surface area (Å²) in [6, 6.07) is 15.1. The van der Waals surface area contributed by atoms with E-state index in [1.165, 1.54) is 103 Å². The zero-order chi connectivity index (χ0) is 26.4. The average molecular weight is 508 g/mol. The van der Waals surface area contributed by atoms with Crippen LogP contribution >= 0.6 is 0 Å². The molecule has 0 aliphatic rings. The van der Waals surface area contributed by atoms with Crippen LogP contribution in [0.4, 0.5) is 5.69 Å². The minimum absolute atomic E-state index is 0.326. The molecule has 0 bridgehead atoms. The van der Waals surface area contributed by atoms with Crippen LogP contribution in [0.25, 0.3) is 0 Å². The van der Waals surface area contributed by atoms with E-state index >= 15 is 0 Å². The SMILES string of the molecule is CCCCCCCCCCCCCCCCCCOc1ccc(C=Nc2ccc(OC(C)=O)cc2)cc1. The Hall–Kier alpha value is -2.62. The standard InChI is InChI=1S/C33H49NO3/c1-3-4-5-6-7-8-9-10-11-12-13-14-15-16-17-18-27-36-32-23-19-30(20-24-32)28-34-31-21-25-33(26-22-31)37-29(2)35/h19-26,28H,3-18,27H2,1-2H3. The van der Waals surface area contributed by atoms with Gasteiger partial charge in [0.15, 0.2) is 0 Å². The third kappa shape index (κ3) is 16.0. The van der Waals surface area contributed by atoms with Crippen LogP contribution in [0.2, 0.25) is 0 Å². The lowest BCUT2D eigenvalue weighted by Gasteiger charge is -2.07. The van der Waals surface area contributed by atoms with Crippen molar-refractivity contribution < 1.29 is 14.3 Å². The van der Waals surface area contributed by atoms with E-state index in [4.69, 9.17) is 9.47 Å². The molecular formula is C33H49NO3. The summed E-state index contributed by atoms with van der Waals surface area (Å²) in [6.07, 6.45) is 23.9. The third-order valence-electron chi connectivity index (χ3n) is 6.61. The summed E-state index contributed by atoms with van der Waals surface area (Å²) in [5.74, 6) is 1.11. The van der Waals surface area contributed by atoms with Gasteiger partial charge >= 0.3 is 5.97 Å². The van der Waals surface area contributed by atoms with Gasteiger partial charge in [-0.3, -0.25) is 9.79 Å². The topological polar surface area (TPSA) is 47.9 Å². The molecule has 0 atom stereocenters. The van der Waals surface area contributed by atoms with E-state index in [-0.39, 0.29) is 5.97 Å². The number of rotatable bonds is 21. The number of carbonyl (C=O) groups is 1. The van der Waals surface area contributed by atoms with E-state index in [9.17, 15) is 4.79 Å². The number of ether oxygens (including phenoxy) is 2. The molecule has 204 valence electrons. The van der Waals surface area contributed by atoms with Crippen LogP contribution < -0.4 is 9.47 Å². The molecule has 0 aliphatic heterocycles. The van der Waals surface area contributed by atoms with Gasteiger partial charge in [-0.2, -0.15) is 0 Å². The molecule has 0 fully saturated rings. The number of unbranched alkanes of at least 4 members (excludes halogenated alkanes) is 15. The quantitative estimate of drug-likeness (QED) is 0.0731. The van der Waals surface area contributed by atoms with Crippen LogP contribution in [0, 0.1) is 0 Å². The molecule has 0 amide bonds. The monoisotopic (exact) mass is 507 g/mol. The molecule has 0 unspecified atom stereocenters. The first-order valence-electron chi connectivity index (χ1n) is 14.7. The van der Waals surface area contributed by atoms with Gasteiger partial charge in [0.05, 0.1) is 12.3 Å². The van der Waals surface area contributed by atoms with Crippen molar-refractivity contribution in [3.63, 3.8) is 0 Å². The summed E-state index contributed by atoms with van der Waals surface area (Å²) in [5, 5.41) is 0. The molecule has 0 aliphatic carbocycles. The second-order valence-electron chi connectivity index (χ2n) is 10.1. The number of nitrogens with zero attached hydrogens (tertiary/aromatic N) is 1. The predicted molar refractivity (Wildman–Crippen MR) is 156 cm³/mol. The molecule has 0 N–H and O–H groups in total. The summed E-state index contributed by atoms with van der Waals surface area (Å²) in [5.41, 5.74) is 1.82. The Bertz CT molecular complexity index is 858. The lowest BCUT2D eigenvalue weighted by atomic mass is 10.0. The van der Waals surface area contributed by atoms with E-state index < -0.39 is 0 Å². The Morgan fingerprint density at radius 3 is 1.59 bits per heavy atom. The van der Waals surface area contributed by atoms with Crippen molar-refractivity contribution in [2.45, 2.75) is 117 Å². The molecule has 0 saturated carbocycles. The molecule has 0 aromatic heterocycles. The van der Waals surface area contributed by atoms with Gasteiger partial charge < -0.3 is 9.47 Å². The van der Waals surface area contributed by atoms with Gasteiger partial charge in [0.25, 0.3) is 0 Å². The van der Waals surface area contributed by atoms with Gasteiger partial charge in [-0.25, -0.2) is 0 Å². The van der Waals surface area contributed by atoms with Crippen LogP contribution in [0.1, 0.15) is 122 Å². The highest BCUT2D eigenvalue weighted by Gasteiger charge is 1.99. The van der Waals surface area contributed by atoms with Gasteiger partial charge in [0.1, 0.15) is 11.5 Å². The fraction of sp³-hybridized carbons (Fsp3) is 0.576. The molecule has 0 spiro atoms. The number of hydrogen-bond donors (Lipinski definition) is 0. The highest BCUT2D eigenvalue weighted by Crippen LogP contribution is 2.19. The molecule has 2 aromatic carbocycles. The van der Waals surface area contributed by atoms with E-state index in [1.807, 2.05) is 42.6 Å². The van der Waals surface area contributed by atoms with Crippen LogP contribution in [0.15, 0.2) is 53.5 Å². The second kappa shape index (κ2) is 20.4. The second-order valence-corrected chi connectivity index (χ2v) is 10.1. The average Bonchev–Trinajstić information content (AvgIpc) is 2.90. The van der Waals surface area contributed by atoms with Gasteiger partial charge in [0, 0.05) is 13.1 Å². The Labute approximate surface area is 225 Å². The van der Waals surface area contributed by atoms with Gasteiger partial charge in [0.2, 0.25) is 0 Å². The largest absolute Gasteiger partial charge is 0.494 e. The fourth-order valence-electron chi connectivity index (χ4n) is 4.41. The first-order valence-corrected chi connectivity index (χ1v) is 14.7. The zero-order valence-corrected chi connectivity index (χ0v) is 23.4. The molecule has 2 rings (SSSR count). The Morgan fingerprint density at radius 1 is 0.649 bits per heavy atom. The van der Waals surface area contributed by atoms with Crippen molar-refractivity contribution >= 4 is 17.9 Å². The Kier molecular flexibility index (Phi) is 16.9. The summed E-state index contributed by atoms with van der Waals surface area (Å²) in [6.45, 7) is 4.45. The smallest absolute Gasteiger partial charge is 0.308 e. The van der Waals surface area contributed by atoms with Gasteiger partial charge in [-0.15, -0.1) is 0 Å². The number of benzene rings is 2. The maximum Gasteiger partial charge on any atom is 0.308 e. The molecule has 4 nitrogen and oxygen atoms in total. The molecule has 0 radical (unpaired) electrons. The van der Waals surface area contributed by atoms with Crippen molar-refractivity contribution in [1.29, 1.82) is 0 Å². The van der Waals surface area contributed by atoms with E-state index in [2.05, 4.69) is 11.9 Å². The molecule has 37 heavy (non-hydrogen) atoms. The lowest BCUT2D eigenvalue weighted by Crippen LogP contribution is -2.00. The highest BCUT2D eigenvalue weighted by atomic mass is 16.5. The summed E-state index contributed by atoms with van der Waals surface area (Å²) in [4.78, 5) is 15.5. The van der Waals surface area contributed by atoms with Gasteiger partial charge in [-0.05, 0) is 60.5 Å². The van der Waals surface area contributed by atoms with E-state index in [0.29, 0.717) is 5.75 Å². The first-order chi connectivity index (χ1) is 18.2. The minimum Gasteiger partial charge on any atom is -0.494 e. The van der Waals surface area contributed by atoms with Crippen LogP contribution in [0.5, 0.6) is 11.5 Å². The third-order valence-corrected chi connectivity index (χ3v) is 6.61. The molecular weight excluding hydrogens is 458 g/mol. The van der Waals surface area contributed by atoms with Crippen LogP contribution in [-0.4, -0.2) is 18.8 Å². The lowest BCUT2D eigenvalue weighted by molar-refractivity contribution is -0.131. The molecule has 0 heterocycles. The fourth-order valence-corrected chi connectivity index (χ4v) is 4.41.